The van der Waals surface area contributed by atoms with Crippen molar-refractivity contribution < 1.29 is 19.7 Å². The molecule has 3 heterocycles. The summed E-state index contributed by atoms with van der Waals surface area (Å²) < 4.78 is 6.16. The average molecular weight is 470 g/mol. The summed E-state index contributed by atoms with van der Waals surface area (Å²) in [5.41, 5.74) is 3.12. The van der Waals surface area contributed by atoms with Gasteiger partial charge in [-0.1, -0.05) is 42.8 Å². The number of carbonyl (C=O) groups is 1. The first-order chi connectivity index (χ1) is 15.8. The van der Waals surface area contributed by atoms with Crippen LogP contribution >= 0.6 is 11.6 Å². The normalized spacial score (nSPS) is 25.4. The van der Waals surface area contributed by atoms with E-state index in [2.05, 4.69) is 11.1 Å². The maximum absolute atomic E-state index is 13.4. The van der Waals surface area contributed by atoms with Gasteiger partial charge in [0.2, 0.25) is 0 Å². The SMILES string of the molecule is CC1CN2C(=C(O)C1O)C(=O)N(C(C)C)CN2C1c2ccccc2COc2ccc(Cl)cc21. The Balaban J connectivity index is 1.74. The smallest absolute Gasteiger partial charge is 0.276 e. The van der Waals surface area contributed by atoms with Crippen LogP contribution in [0.25, 0.3) is 0 Å². The zero-order chi connectivity index (χ0) is 23.4. The number of carbonyl (C=O) groups excluding carboxylic acids is 1. The van der Waals surface area contributed by atoms with E-state index in [4.69, 9.17) is 16.3 Å². The molecule has 2 aromatic rings. The number of aliphatic hydroxyl groups is 2. The number of nitrogens with zero attached hydrogens (tertiary/aromatic N) is 3. The van der Waals surface area contributed by atoms with Crippen molar-refractivity contribution in [3.8, 4) is 5.75 Å². The quantitative estimate of drug-likeness (QED) is 0.696. The third-order valence-electron chi connectivity index (χ3n) is 6.77. The summed E-state index contributed by atoms with van der Waals surface area (Å²) in [4.78, 5) is 15.1. The molecule has 7 nitrogen and oxygen atoms in total. The van der Waals surface area contributed by atoms with Crippen LogP contribution in [0.4, 0.5) is 0 Å². The van der Waals surface area contributed by atoms with E-state index in [1.54, 1.807) is 4.90 Å². The minimum absolute atomic E-state index is 0.102. The lowest BCUT2D eigenvalue weighted by Gasteiger charge is -2.52. The molecule has 2 N–H and O–H groups in total. The Bertz CT molecular complexity index is 1130. The maximum Gasteiger partial charge on any atom is 0.276 e. The fraction of sp³-hybridized carbons (Fsp3) is 0.400. The van der Waals surface area contributed by atoms with Gasteiger partial charge in [0.25, 0.3) is 5.91 Å². The highest BCUT2D eigenvalue weighted by Crippen LogP contribution is 2.44. The molecule has 3 aliphatic heterocycles. The highest BCUT2D eigenvalue weighted by molar-refractivity contribution is 6.30. The lowest BCUT2D eigenvalue weighted by atomic mass is 9.92. The number of hydrogen-bond donors (Lipinski definition) is 2. The highest BCUT2D eigenvalue weighted by atomic mass is 35.5. The Morgan fingerprint density at radius 1 is 1.15 bits per heavy atom. The van der Waals surface area contributed by atoms with Gasteiger partial charge < -0.3 is 19.8 Å². The first-order valence-electron chi connectivity index (χ1n) is 11.2. The Morgan fingerprint density at radius 3 is 2.67 bits per heavy atom. The molecule has 1 amide bonds. The molecular weight excluding hydrogens is 442 g/mol. The molecule has 0 spiro atoms. The van der Waals surface area contributed by atoms with Crippen LogP contribution in [0.2, 0.25) is 5.02 Å². The number of ether oxygens (including phenoxy) is 1. The molecule has 33 heavy (non-hydrogen) atoms. The molecule has 0 saturated carbocycles. The summed E-state index contributed by atoms with van der Waals surface area (Å²) in [5, 5.41) is 26.0. The van der Waals surface area contributed by atoms with Gasteiger partial charge in [-0.25, -0.2) is 0 Å². The van der Waals surface area contributed by atoms with Crippen molar-refractivity contribution in [2.75, 3.05) is 13.2 Å². The molecule has 2 aromatic carbocycles. The van der Waals surface area contributed by atoms with E-state index in [9.17, 15) is 15.0 Å². The minimum atomic E-state index is -1.08. The Hall–Kier alpha value is -2.74. The van der Waals surface area contributed by atoms with E-state index in [0.29, 0.717) is 24.8 Å². The molecule has 0 aromatic heterocycles. The summed E-state index contributed by atoms with van der Waals surface area (Å²) in [6.07, 6.45) is -1.08. The van der Waals surface area contributed by atoms with Gasteiger partial charge in [-0.15, -0.1) is 0 Å². The predicted molar refractivity (Wildman–Crippen MR) is 124 cm³/mol. The second-order valence-electron chi connectivity index (χ2n) is 9.26. The summed E-state index contributed by atoms with van der Waals surface area (Å²) in [5.74, 6) is -0.0908. The second-order valence-corrected chi connectivity index (χ2v) is 9.70. The van der Waals surface area contributed by atoms with Gasteiger partial charge in [0.1, 0.15) is 18.5 Å². The van der Waals surface area contributed by atoms with Crippen molar-refractivity contribution in [2.45, 2.75) is 45.6 Å². The lowest BCUT2D eigenvalue weighted by Crippen LogP contribution is -2.63. The fourth-order valence-corrected chi connectivity index (χ4v) is 5.13. The number of halogens is 1. The van der Waals surface area contributed by atoms with Crippen molar-refractivity contribution in [2.24, 2.45) is 5.92 Å². The first-order valence-corrected chi connectivity index (χ1v) is 11.6. The van der Waals surface area contributed by atoms with Gasteiger partial charge in [-0.2, -0.15) is 5.01 Å². The van der Waals surface area contributed by atoms with Crippen LogP contribution in [0.3, 0.4) is 0 Å². The van der Waals surface area contributed by atoms with Crippen molar-refractivity contribution in [3.63, 3.8) is 0 Å². The number of benzene rings is 2. The van der Waals surface area contributed by atoms with Crippen LogP contribution in [0, 0.1) is 5.92 Å². The van der Waals surface area contributed by atoms with E-state index >= 15 is 0 Å². The summed E-state index contributed by atoms with van der Waals surface area (Å²) >= 11 is 6.43. The number of amides is 1. The topological polar surface area (TPSA) is 76.5 Å². The van der Waals surface area contributed by atoms with Crippen molar-refractivity contribution in [1.29, 1.82) is 0 Å². The molecule has 3 atom stereocenters. The van der Waals surface area contributed by atoms with E-state index in [1.165, 1.54) is 0 Å². The van der Waals surface area contributed by atoms with Crippen LogP contribution in [0.15, 0.2) is 53.9 Å². The number of rotatable bonds is 2. The van der Waals surface area contributed by atoms with Crippen LogP contribution < -0.4 is 4.74 Å². The zero-order valence-electron chi connectivity index (χ0n) is 18.9. The van der Waals surface area contributed by atoms with Crippen LogP contribution in [-0.2, 0) is 11.4 Å². The van der Waals surface area contributed by atoms with Crippen molar-refractivity contribution in [3.05, 3.63) is 75.6 Å². The lowest BCUT2D eigenvalue weighted by molar-refractivity contribution is -0.166. The van der Waals surface area contributed by atoms with Gasteiger partial charge in [0, 0.05) is 29.1 Å². The van der Waals surface area contributed by atoms with Crippen LogP contribution in [0.5, 0.6) is 5.75 Å². The Kier molecular flexibility index (Phi) is 5.51. The number of hydrogen-bond acceptors (Lipinski definition) is 6. The number of aliphatic hydroxyl groups excluding tert-OH is 2. The highest BCUT2D eigenvalue weighted by Gasteiger charge is 2.47. The Morgan fingerprint density at radius 2 is 1.91 bits per heavy atom. The zero-order valence-corrected chi connectivity index (χ0v) is 19.7. The Labute approximate surface area is 198 Å². The van der Waals surface area contributed by atoms with E-state index in [0.717, 1.165) is 22.4 Å². The van der Waals surface area contributed by atoms with Gasteiger partial charge in [-0.05, 0) is 43.2 Å². The van der Waals surface area contributed by atoms with E-state index in [1.807, 2.05) is 62.2 Å². The second kappa shape index (κ2) is 8.24. The van der Waals surface area contributed by atoms with E-state index < -0.39 is 6.10 Å². The van der Waals surface area contributed by atoms with Crippen LogP contribution in [0.1, 0.15) is 43.5 Å². The molecule has 1 fully saturated rings. The molecule has 1 saturated heterocycles. The molecule has 0 bridgehead atoms. The fourth-order valence-electron chi connectivity index (χ4n) is 4.95. The molecule has 3 aliphatic rings. The molecule has 174 valence electrons. The summed E-state index contributed by atoms with van der Waals surface area (Å²) in [6, 6.07) is 13.3. The monoisotopic (exact) mass is 469 g/mol. The molecule has 3 unspecified atom stereocenters. The van der Waals surface area contributed by atoms with Gasteiger partial charge in [-0.3, -0.25) is 9.80 Å². The van der Waals surface area contributed by atoms with Crippen molar-refractivity contribution >= 4 is 17.5 Å². The third kappa shape index (κ3) is 3.55. The standard InChI is InChI=1S/C25H28ClN3O4/c1-14(2)27-13-29(28-11-15(3)23(30)24(31)22(28)25(27)32)21-18-7-5-4-6-16(18)12-33-20-9-8-17(26)10-19(20)21/h4-10,14-15,21,23,30-31H,11-13H2,1-3H3. The maximum atomic E-state index is 13.4. The predicted octanol–water partition coefficient (Wildman–Crippen LogP) is 3.83. The molecule has 8 heteroatoms. The van der Waals surface area contributed by atoms with Gasteiger partial charge in [0.15, 0.2) is 11.5 Å². The first kappa shape index (κ1) is 22.1. The minimum Gasteiger partial charge on any atom is -0.507 e. The van der Waals surface area contributed by atoms with E-state index in [-0.39, 0.29) is 35.4 Å². The largest absolute Gasteiger partial charge is 0.507 e. The molecular formula is C25H28ClN3O4. The van der Waals surface area contributed by atoms with Crippen molar-refractivity contribution in [1.82, 2.24) is 14.9 Å². The van der Waals surface area contributed by atoms with Gasteiger partial charge >= 0.3 is 0 Å². The summed E-state index contributed by atoms with van der Waals surface area (Å²) in [7, 11) is 0. The van der Waals surface area contributed by atoms with Gasteiger partial charge in [0.05, 0.1) is 12.7 Å². The molecule has 0 radical (unpaired) electrons. The molecule has 5 rings (SSSR count). The van der Waals surface area contributed by atoms with Crippen LogP contribution in [-0.4, -0.2) is 56.4 Å². The number of fused-ring (bicyclic) bond motifs is 3. The third-order valence-corrected chi connectivity index (χ3v) is 7.01. The summed E-state index contributed by atoms with van der Waals surface area (Å²) in [6.45, 7) is 6.89. The average Bonchev–Trinajstić information content (AvgIpc) is 2.94. The molecule has 0 aliphatic carbocycles. The number of hydrazine groups is 1.